The highest BCUT2D eigenvalue weighted by atomic mass is 16.7. The quantitative estimate of drug-likeness (QED) is 0.531. The van der Waals surface area contributed by atoms with Crippen LogP contribution >= 0.6 is 0 Å². The third-order valence-corrected chi connectivity index (χ3v) is 5.39. The van der Waals surface area contributed by atoms with Crippen molar-refractivity contribution in [1.82, 2.24) is 15.0 Å². The molecule has 1 saturated carbocycles. The first kappa shape index (κ1) is 17.7. The van der Waals surface area contributed by atoms with Gasteiger partial charge in [-0.2, -0.15) is 4.98 Å². The van der Waals surface area contributed by atoms with E-state index in [0.29, 0.717) is 34.2 Å². The Morgan fingerprint density at radius 1 is 1.10 bits per heavy atom. The molecule has 9 heteroatoms. The number of aromatic nitrogens is 3. The van der Waals surface area contributed by atoms with Gasteiger partial charge < -0.3 is 30.8 Å². The molecule has 1 aliphatic carbocycles. The summed E-state index contributed by atoms with van der Waals surface area (Å²) in [5.41, 5.74) is 7.29. The number of nitrogens with zero attached hydrogens (tertiary/aromatic N) is 2. The van der Waals surface area contributed by atoms with Crippen molar-refractivity contribution in [2.45, 2.75) is 37.8 Å². The lowest BCUT2D eigenvalue weighted by molar-refractivity contribution is 0.174. The Morgan fingerprint density at radius 3 is 2.86 bits per heavy atom. The van der Waals surface area contributed by atoms with Crippen molar-refractivity contribution >= 4 is 28.4 Å². The van der Waals surface area contributed by atoms with E-state index in [9.17, 15) is 4.79 Å². The molecule has 0 saturated heterocycles. The molecule has 3 heterocycles. The average molecular weight is 394 g/mol. The van der Waals surface area contributed by atoms with Gasteiger partial charge in [0.15, 0.2) is 11.5 Å². The van der Waals surface area contributed by atoms with Gasteiger partial charge in [0.1, 0.15) is 11.2 Å². The van der Waals surface area contributed by atoms with Crippen molar-refractivity contribution in [2.24, 2.45) is 5.73 Å². The van der Waals surface area contributed by atoms with E-state index in [1.807, 2.05) is 18.2 Å². The van der Waals surface area contributed by atoms with E-state index in [4.69, 9.17) is 15.2 Å². The number of nitrogens with one attached hydrogen (secondary N) is 3. The fourth-order valence-electron chi connectivity index (χ4n) is 3.86. The smallest absolute Gasteiger partial charge is 0.261 e. The molecular weight excluding hydrogens is 372 g/mol. The van der Waals surface area contributed by atoms with Gasteiger partial charge in [-0.15, -0.1) is 0 Å². The number of H-pyrrole nitrogens is 1. The summed E-state index contributed by atoms with van der Waals surface area (Å²) < 4.78 is 10.8. The van der Waals surface area contributed by atoms with Crippen LogP contribution in [0.5, 0.6) is 11.5 Å². The molecule has 5 N–H and O–H groups in total. The third-order valence-electron chi connectivity index (χ3n) is 5.39. The molecule has 3 aromatic rings. The summed E-state index contributed by atoms with van der Waals surface area (Å²) in [6.07, 6.45) is 5.80. The third kappa shape index (κ3) is 3.44. The number of fused-ring (bicyclic) bond motifs is 2. The monoisotopic (exact) mass is 394 g/mol. The summed E-state index contributed by atoms with van der Waals surface area (Å²) in [5, 5.41) is 6.99. The molecule has 150 valence electrons. The number of ether oxygens (including phenoxy) is 2. The van der Waals surface area contributed by atoms with Crippen molar-refractivity contribution in [3.8, 4) is 11.5 Å². The molecule has 2 aliphatic rings. The zero-order valence-electron chi connectivity index (χ0n) is 15.8. The number of benzene rings is 1. The summed E-state index contributed by atoms with van der Waals surface area (Å²) >= 11 is 0. The van der Waals surface area contributed by atoms with Gasteiger partial charge in [0.25, 0.3) is 5.56 Å². The second-order valence-electron chi connectivity index (χ2n) is 7.36. The van der Waals surface area contributed by atoms with Crippen LogP contribution in [0.1, 0.15) is 25.7 Å². The number of aromatic amines is 1. The van der Waals surface area contributed by atoms with Crippen LogP contribution in [0, 0.1) is 0 Å². The van der Waals surface area contributed by atoms with Crippen LogP contribution < -0.4 is 31.4 Å². The molecule has 2 unspecified atom stereocenters. The van der Waals surface area contributed by atoms with Gasteiger partial charge in [-0.05, 0) is 31.0 Å². The van der Waals surface area contributed by atoms with E-state index in [0.717, 1.165) is 31.4 Å². The predicted octanol–water partition coefficient (Wildman–Crippen LogP) is 2.47. The van der Waals surface area contributed by atoms with Gasteiger partial charge in [-0.1, -0.05) is 12.8 Å². The molecule has 9 nitrogen and oxygen atoms in total. The molecule has 2 atom stereocenters. The maximum absolute atomic E-state index is 12.5. The normalized spacial score (nSPS) is 20.6. The SMILES string of the molecule is NC1CCCCC1Nc1nc(Nc2ccc3c(c2)OCO3)c2c(=O)[nH]ccc2n1. The van der Waals surface area contributed by atoms with Crippen LogP contribution in [0.3, 0.4) is 0 Å². The van der Waals surface area contributed by atoms with Gasteiger partial charge in [-0.3, -0.25) is 4.79 Å². The van der Waals surface area contributed by atoms with Crippen molar-refractivity contribution < 1.29 is 9.47 Å². The van der Waals surface area contributed by atoms with E-state index in [-0.39, 0.29) is 24.4 Å². The minimum Gasteiger partial charge on any atom is -0.454 e. The Labute approximate surface area is 166 Å². The van der Waals surface area contributed by atoms with Crippen molar-refractivity contribution in [3.63, 3.8) is 0 Å². The molecule has 0 spiro atoms. The van der Waals surface area contributed by atoms with Crippen molar-refractivity contribution in [3.05, 3.63) is 40.8 Å². The van der Waals surface area contributed by atoms with Crippen LogP contribution in [0.4, 0.5) is 17.5 Å². The number of hydrogen-bond acceptors (Lipinski definition) is 8. The summed E-state index contributed by atoms with van der Waals surface area (Å²) in [5.74, 6) is 2.21. The average Bonchev–Trinajstić information content (AvgIpc) is 3.17. The number of rotatable bonds is 4. The van der Waals surface area contributed by atoms with E-state index >= 15 is 0 Å². The van der Waals surface area contributed by atoms with Gasteiger partial charge in [0.05, 0.1) is 5.52 Å². The summed E-state index contributed by atoms with van der Waals surface area (Å²) in [6.45, 7) is 0.199. The van der Waals surface area contributed by atoms with Crippen LogP contribution in [0.25, 0.3) is 10.9 Å². The summed E-state index contributed by atoms with van der Waals surface area (Å²) in [6, 6.07) is 7.42. The van der Waals surface area contributed by atoms with E-state index in [2.05, 4.69) is 25.6 Å². The fourth-order valence-corrected chi connectivity index (χ4v) is 3.86. The van der Waals surface area contributed by atoms with E-state index in [1.54, 1.807) is 12.3 Å². The molecule has 1 aromatic carbocycles. The molecule has 0 radical (unpaired) electrons. The van der Waals surface area contributed by atoms with Gasteiger partial charge in [0.2, 0.25) is 12.7 Å². The second-order valence-corrected chi connectivity index (χ2v) is 7.36. The van der Waals surface area contributed by atoms with E-state index in [1.165, 1.54) is 0 Å². The lowest BCUT2D eigenvalue weighted by Gasteiger charge is -2.29. The highest BCUT2D eigenvalue weighted by Crippen LogP contribution is 2.35. The van der Waals surface area contributed by atoms with Crippen molar-refractivity contribution in [2.75, 3.05) is 17.4 Å². The summed E-state index contributed by atoms with van der Waals surface area (Å²) in [4.78, 5) is 24.3. The molecule has 2 aromatic heterocycles. The van der Waals surface area contributed by atoms with Crippen LogP contribution in [0.2, 0.25) is 0 Å². The fraction of sp³-hybridized carbons (Fsp3) is 0.350. The van der Waals surface area contributed by atoms with Gasteiger partial charge in [0, 0.05) is 30.0 Å². The predicted molar refractivity (Wildman–Crippen MR) is 110 cm³/mol. The largest absolute Gasteiger partial charge is 0.454 e. The van der Waals surface area contributed by atoms with Gasteiger partial charge >= 0.3 is 0 Å². The summed E-state index contributed by atoms with van der Waals surface area (Å²) in [7, 11) is 0. The van der Waals surface area contributed by atoms with E-state index < -0.39 is 0 Å². The molecule has 0 bridgehead atoms. The van der Waals surface area contributed by atoms with Crippen LogP contribution in [-0.2, 0) is 0 Å². The Balaban J connectivity index is 1.53. The second kappa shape index (κ2) is 7.25. The van der Waals surface area contributed by atoms with Crippen LogP contribution in [0.15, 0.2) is 35.3 Å². The molecular formula is C20H22N6O3. The number of nitrogens with two attached hydrogens (primary N) is 1. The van der Waals surface area contributed by atoms with Gasteiger partial charge in [-0.25, -0.2) is 4.98 Å². The van der Waals surface area contributed by atoms with Crippen LogP contribution in [-0.4, -0.2) is 33.8 Å². The number of anilines is 3. The highest BCUT2D eigenvalue weighted by molar-refractivity contribution is 5.91. The molecule has 29 heavy (non-hydrogen) atoms. The Morgan fingerprint density at radius 2 is 1.97 bits per heavy atom. The minimum absolute atomic E-state index is 0.0625. The first-order chi connectivity index (χ1) is 14.2. The first-order valence-electron chi connectivity index (χ1n) is 9.75. The maximum atomic E-state index is 12.5. The number of hydrogen-bond donors (Lipinski definition) is 4. The molecule has 5 rings (SSSR count). The molecule has 0 amide bonds. The zero-order chi connectivity index (χ0) is 19.8. The topological polar surface area (TPSA) is 127 Å². The highest BCUT2D eigenvalue weighted by Gasteiger charge is 2.23. The first-order valence-corrected chi connectivity index (χ1v) is 9.75. The Hall–Kier alpha value is -3.33. The standard InChI is InChI=1S/C20H22N6O3/c21-12-3-1-2-4-13(12)24-20-25-14-7-8-22-19(27)17(14)18(26-20)23-11-5-6-15-16(9-11)29-10-28-15/h5-9,12-13H,1-4,10,21H2,(H,22,27)(H2,23,24,25,26). The van der Waals surface area contributed by atoms with Crippen molar-refractivity contribution in [1.29, 1.82) is 0 Å². The number of pyridine rings is 1. The zero-order valence-corrected chi connectivity index (χ0v) is 15.8. The maximum Gasteiger partial charge on any atom is 0.261 e. The minimum atomic E-state index is -0.258. The Bertz CT molecular complexity index is 1120. The molecule has 1 fully saturated rings. The lowest BCUT2D eigenvalue weighted by Crippen LogP contribution is -2.43. The lowest BCUT2D eigenvalue weighted by atomic mass is 9.91. The molecule has 1 aliphatic heterocycles. The Kier molecular flexibility index (Phi) is 4.44.